The molecule has 0 fully saturated rings. The van der Waals surface area contributed by atoms with Crippen LogP contribution in [0.3, 0.4) is 0 Å². The number of ether oxygens (including phenoxy) is 1. The number of aliphatic hydroxyl groups is 1. The van der Waals surface area contributed by atoms with E-state index in [1.54, 1.807) is 24.3 Å². The van der Waals surface area contributed by atoms with E-state index in [9.17, 15) is 13.9 Å². The summed E-state index contributed by atoms with van der Waals surface area (Å²) in [6.45, 7) is -0.972. The Kier molecular flexibility index (Phi) is 6.33. The molecule has 23 heavy (non-hydrogen) atoms. The van der Waals surface area contributed by atoms with Gasteiger partial charge < -0.3 is 15.2 Å². The van der Waals surface area contributed by atoms with Gasteiger partial charge in [0.1, 0.15) is 5.75 Å². The summed E-state index contributed by atoms with van der Waals surface area (Å²) in [5.41, 5.74) is 1.82. The van der Waals surface area contributed by atoms with Gasteiger partial charge in [0.25, 0.3) is 0 Å². The molecular formula is C17H18ClF2NO2. The van der Waals surface area contributed by atoms with Gasteiger partial charge in [0.2, 0.25) is 0 Å². The molecule has 0 aliphatic rings. The van der Waals surface area contributed by atoms with Crippen LogP contribution in [-0.4, -0.2) is 18.3 Å². The average molecular weight is 342 g/mol. The normalized spacial score (nSPS) is 13.8. The zero-order valence-electron chi connectivity index (χ0n) is 12.5. The molecule has 2 aromatic rings. The Balaban J connectivity index is 2.04. The third kappa shape index (κ3) is 5.16. The number of aliphatic hydroxyl groups excluding tert-OH is 1. The second-order valence-corrected chi connectivity index (χ2v) is 5.56. The van der Waals surface area contributed by atoms with Gasteiger partial charge in [-0.2, -0.15) is 8.78 Å². The summed E-state index contributed by atoms with van der Waals surface area (Å²) in [5.74, 6) is 0.118. The summed E-state index contributed by atoms with van der Waals surface area (Å²) in [7, 11) is 0. The van der Waals surface area contributed by atoms with Crippen molar-refractivity contribution in [3.8, 4) is 5.75 Å². The minimum Gasteiger partial charge on any atom is -0.435 e. The Bertz CT molecular complexity index is 605. The van der Waals surface area contributed by atoms with Crippen LogP contribution in [0, 0.1) is 0 Å². The lowest BCUT2D eigenvalue weighted by Crippen LogP contribution is -2.27. The van der Waals surface area contributed by atoms with Gasteiger partial charge in [-0.1, -0.05) is 35.9 Å². The highest BCUT2D eigenvalue weighted by Crippen LogP contribution is 2.23. The fourth-order valence-corrected chi connectivity index (χ4v) is 2.41. The van der Waals surface area contributed by atoms with Gasteiger partial charge in [-0.15, -0.1) is 0 Å². The zero-order valence-corrected chi connectivity index (χ0v) is 13.3. The van der Waals surface area contributed by atoms with Gasteiger partial charge in [-0.25, -0.2) is 0 Å². The molecular weight excluding hydrogens is 324 g/mol. The fraction of sp³-hybridized carbons (Fsp3) is 0.294. The highest BCUT2D eigenvalue weighted by molar-refractivity contribution is 6.30. The molecule has 6 heteroatoms. The van der Waals surface area contributed by atoms with Crippen molar-refractivity contribution in [1.29, 1.82) is 0 Å². The standard InChI is InChI=1S/C17H18ClF2NO2/c1-11(12-4-8-15(9-5-12)23-17(19)20)21-16(10-22)13-2-6-14(18)7-3-13/h2-9,11,16-17,21-22H,10H2,1H3. The van der Waals surface area contributed by atoms with Crippen LogP contribution in [0.15, 0.2) is 48.5 Å². The molecule has 2 N–H and O–H groups in total. The maximum atomic E-state index is 12.1. The van der Waals surface area contributed by atoms with E-state index in [4.69, 9.17) is 11.6 Å². The van der Waals surface area contributed by atoms with Gasteiger partial charge in [-0.05, 0) is 42.3 Å². The monoisotopic (exact) mass is 341 g/mol. The minimum atomic E-state index is -2.83. The van der Waals surface area contributed by atoms with E-state index in [0.717, 1.165) is 11.1 Å². The largest absolute Gasteiger partial charge is 0.435 e. The van der Waals surface area contributed by atoms with Crippen molar-refractivity contribution in [3.05, 3.63) is 64.7 Å². The lowest BCUT2D eigenvalue weighted by atomic mass is 10.0. The molecule has 0 radical (unpaired) electrons. The van der Waals surface area contributed by atoms with Crippen molar-refractivity contribution in [2.45, 2.75) is 25.6 Å². The lowest BCUT2D eigenvalue weighted by molar-refractivity contribution is -0.0498. The van der Waals surface area contributed by atoms with Crippen LogP contribution in [0.1, 0.15) is 30.1 Å². The van der Waals surface area contributed by atoms with E-state index >= 15 is 0 Å². The van der Waals surface area contributed by atoms with E-state index in [1.165, 1.54) is 12.1 Å². The molecule has 2 atom stereocenters. The fourth-order valence-electron chi connectivity index (χ4n) is 2.29. The molecule has 0 amide bonds. The first kappa shape index (κ1) is 17.7. The molecule has 0 spiro atoms. The summed E-state index contributed by atoms with van der Waals surface area (Å²) in [4.78, 5) is 0. The molecule has 2 aromatic carbocycles. The Labute approximate surface area is 138 Å². The van der Waals surface area contributed by atoms with Gasteiger partial charge >= 0.3 is 6.61 Å². The molecule has 0 aliphatic carbocycles. The predicted octanol–water partition coefficient (Wildman–Crippen LogP) is 4.33. The van der Waals surface area contributed by atoms with Crippen molar-refractivity contribution in [2.24, 2.45) is 0 Å². The number of alkyl halides is 2. The molecule has 2 unspecified atom stereocenters. The molecule has 2 rings (SSSR count). The summed E-state index contributed by atoms with van der Waals surface area (Å²) in [5, 5.41) is 13.5. The van der Waals surface area contributed by atoms with E-state index in [0.29, 0.717) is 5.02 Å². The second kappa shape index (κ2) is 8.24. The molecule has 0 aromatic heterocycles. The highest BCUT2D eigenvalue weighted by atomic mass is 35.5. The zero-order chi connectivity index (χ0) is 16.8. The van der Waals surface area contributed by atoms with E-state index < -0.39 is 6.61 Å². The number of halogens is 3. The molecule has 0 saturated carbocycles. The first-order chi connectivity index (χ1) is 11.0. The van der Waals surface area contributed by atoms with Crippen LogP contribution >= 0.6 is 11.6 Å². The molecule has 0 heterocycles. The number of hydrogen-bond acceptors (Lipinski definition) is 3. The predicted molar refractivity (Wildman–Crippen MR) is 85.9 cm³/mol. The first-order valence-corrected chi connectivity index (χ1v) is 7.54. The summed E-state index contributed by atoms with van der Waals surface area (Å²) in [6, 6.07) is 13.3. The smallest absolute Gasteiger partial charge is 0.387 e. The summed E-state index contributed by atoms with van der Waals surface area (Å²) in [6.07, 6.45) is 0. The summed E-state index contributed by atoms with van der Waals surface area (Å²) >= 11 is 5.86. The lowest BCUT2D eigenvalue weighted by Gasteiger charge is -2.22. The molecule has 3 nitrogen and oxygen atoms in total. The van der Waals surface area contributed by atoms with Crippen LogP contribution in [0.25, 0.3) is 0 Å². The Morgan fingerprint density at radius 1 is 1.04 bits per heavy atom. The quantitative estimate of drug-likeness (QED) is 0.787. The third-order valence-electron chi connectivity index (χ3n) is 3.51. The first-order valence-electron chi connectivity index (χ1n) is 7.16. The van der Waals surface area contributed by atoms with Crippen molar-refractivity contribution in [1.82, 2.24) is 5.32 Å². The van der Waals surface area contributed by atoms with E-state index in [2.05, 4.69) is 10.1 Å². The third-order valence-corrected chi connectivity index (χ3v) is 3.76. The Morgan fingerprint density at radius 2 is 1.61 bits per heavy atom. The summed E-state index contributed by atoms with van der Waals surface area (Å²) < 4.78 is 28.6. The molecule has 0 saturated heterocycles. The minimum absolute atomic E-state index is 0.0709. The van der Waals surface area contributed by atoms with Crippen LogP contribution < -0.4 is 10.1 Å². The van der Waals surface area contributed by atoms with Gasteiger partial charge in [0.05, 0.1) is 12.6 Å². The van der Waals surface area contributed by atoms with Crippen LogP contribution in [0.4, 0.5) is 8.78 Å². The van der Waals surface area contributed by atoms with E-state index in [1.807, 2.05) is 19.1 Å². The number of hydrogen-bond donors (Lipinski definition) is 2. The average Bonchev–Trinajstić information content (AvgIpc) is 2.53. The highest BCUT2D eigenvalue weighted by Gasteiger charge is 2.15. The number of rotatable bonds is 7. The Morgan fingerprint density at radius 3 is 2.13 bits per heavy atom. The van der Waals surface area contributed by atoms with Crippen molar-refractivity contribution >= 4 is 11.6 Å². The van der Waals surface area contributed by atoms with Crippen LogP contribution in [-0.2, 0) is 0 Å². The van der Waals surface area contributed by atoms with Crippen molar-refractivity contribution in [3.63, 3.8) is 0 Å². The second-order valence-electron chi connectivity index (χ2n) is 5.12. The Hall–Kier alpha value is -1.69. The van der Waals surface area contributed by atoms with E-state index in [-0.39, 0.29) is 24.4 Å². The van der Waals surface area contributed by atoms with Gasteiger partial charge in [-0.3, -0.25) is 0 Å². The molecule has 124 valence electrons. The van der Waals surface area contributed by atoms with Crippen LogP contribution in [0.5, 0.6) is 5.75 Å². The van der Waals surface area contributed by atoms with Crippen LogP contribution in [0.2, 0.25) is 5.02 Å². The molecule has 0 aliphatic heterocycles. The van der Waals surface area contributed by atoms with Gasteiger partial charge in [0.15, 0.2) is 0 Å². The number of nitrogens with one attached hydrogen (secondary N) is 1. The maximum Gasteiger partial charge on any atom is 0.387 e. The molecule has 0 bridgehead atoms. The van der Waals surface area contributed by atoms with Crippen molar-refractivity contribution in [2.75, 3.05) is 6.61 Å². The van der Waals surface area contributed by atoms with Crippen molar-refractivity contribution < 1.29 is 18.6 Å². The number of benzene rings is 2. The maximum absolute atomic E-state index is 12.1. The SMILES string of the molecule is CC(NC(CO)c1ccc(Cl)cc1)c1ccc(OC(F)F)cc1. The van der Waals surface area contributed by atoms with Gasteiger partial charge in [0, 0.05) is 11.1 Å². The topological polar surface area (TPSA) is 41.5 Å².